The molecule has 0 radical (unpaired) electrons. The summed E-state index contributed by atoms with van der Waals surface area (Å²) in [6.45, 7) is 0.698. The van der Waals surface area contributed by atoms with E-state index in [0.717, 1.165) is 18.4 Å². The molecule has 11 nitrogen and oxygen atoms in total. The van der Waals surface area contributed by atoms with Crippen LogP contribution in [0.3, 0.4) is 0 Å². The predicted octanol–water partition coefficient (Wildman–Crippen LogP) is 0.794. The molecule has 1 aromatic heterocycles. The van der Waals surface area contributed by atoms with E-state index in [1.807, 2.05) is 12.1 Å². The minimum Gasteiger partial charge on any atom is -0.469 e. The molecule has 5 N–H and O–H groups in total. The number of hydrogen-bond donors (Lipinski definition) is 4. The fourth-order valence-corrected chi connectivity index (χ4v) is 3.85. The summed E-state index contributed by atoms with van der Waals surface area (Å²) in [6.07, 6.45) is 2.29. The Kier molecular flexibility index (Phi) is 8.23. The number of nitrogens with zero attached hydrogens (tertiary/aromatic N) is 1. The van der Waals surface area contributed by atoms with Gasteiger partial charge in [0.05, 0.1) is 19.8 Å². The van der Waals surface area contributed by atoms with Crippen LogP contribution in [0.25, 0.3) is 0 Å². The van der Waals surface area contributed by atoms with Crippen molar-refractivity contribution in [3.05, 3.63) is 51.3 Å². The molecule has 3 rings (SSSR count). The number of hydrogen-bond acceptors (Lipinski definition) is 9. The number of amides is 1. The first-order chi connectivity index (χ1) is 16.3. The lowest BCUT2D eigenvalue weighted by atomic mass is 9.91. The normalized spacial score (nSPS) is 15.4. The Bertz CT molecular complexity index is 1100. The number of aromatic nitrogens is 2. The number of carbonyl (C=O) groups excluding carboxylic acids is 3. The number of carbonyl (C=O) groups is 3. The van der Waals surface area contributed by atoms with Crippen molar-refractivity contribution in [2.75, 3.05) is 31.8 Å². The van der Waals surface area contributed by atoms with Gasteiger partial charge in [0.25, 0.3) is 11.5 Å². The van der Waals surface area contributed by atoms with Crippen LogP contribution in [0, 0.1) is 5.92 Å². The van der Waals surface area contributed by atoms with E-state index in [1.165, 1.54) is 14.2 Å². The highest BCUT2D eigenvalue weighted by molar-refractivity contribution is 5.96. The monoisotopic (exact) mass is 472 g/mol. The van der Waals surface area contributed by atoms with Gasteiger partial charge in [-0.3, -0.25) is 19.4 Å². The number of H-pyrrole nitrogens is 1. The molecule has 0 aliphatic carbocycles. The first kappa shape index (κ1) is 24.7. The number of nitrogens with two attached hydrogens (primary N) is 1. The topological polar surface area (TPSA) is 165 Å². The van der Waals surface area contributed by atoms with Gasteiger partial charge in [0, 0.05) is 18.5 Å². The van der Waals surface area contributed by atoms with Crippen LogP contribution in [0.4, 0.5) is 11.8 Å². The summed E-state index contributed by atoms with van der Waals surface area (Å²) < 4.78 is 9.29. The fourth-order valence-electron chi connectivity index (χ4n) is 3.85. The summed E-state index contributed by atoms with van der Waals surface area (Å²) in [5.41, 5.74) is 7.42. The van der Waals surface area contributed by atoms with E-state index < -0.39 is 23.9 Å². The van der Waals surface area contributed by atoms with Crippen LogP contribution in [0.1, 0.15) is 40.7 Å². The Balaban J connectivity index is 1.55. The second-order valence-corrected chi connectivity index (χ2v) is 8.13. The second kappa shape index (κ2) is 11.3. The number of fused-ring (bicyclic) bond motifs is 1. The Hall–Kier alpha value is -3.89. The third kappa shape index (κ3) is 6.33. The summed E-state index contributed by atoms with van der Waals surface area (Å²) in [7, 11) is 2.48. The number of ether oxygens (including phenoxy) is 2. The highest BCUT2D eigenvalue weighted by atomic mass is 16.5. The van der Waals surface area contributed by atoms with Gasteiger partial charge < -0.3 is 25.8 Å². The molecule has 34 heavy (non-hydrogen) atoms. The molecule has 0 fully saturated rings. The highest BCUT2D eigenvalue weighted by Gasteiger charge is 2.24. The molecule has 182 valence electrons. The van der Waals surface area contributed by atoms with Crippen molar-refractivity contribution in [2.45, 2.75) is 38.1 Å². The van der Waals surface area contributed by atoms with Crippen LogP contribution in [-0.2, 0) is 31.9 Å². The molecule has 1 aliphatic rings. The lowest BCUT2D eigenvalue weighted by Crippen LogP contribution is -2.41. The standard InChI is InChI=1S/C23H29N5O6/c1-33-18(29)10-9-17(22(32)34-2)26-20(30)15-7-5-13(6-8-15)3-4-14-11-16-19(25-12-14)27-23(24)28-21(16)31/h5-8,14,17H,3-4,9-12H2,1-2H3,(H,26,30)(H4,24,25,27,28,31)/t14?,17-/m0/s1/i26+1. The van der Waals surface area contributed by atoms with Crippen molar-refractivity contribution in [3.8, 4) is 0 Å². The highest BCUT2D eigenvalue weighted by Crippen LogP contribution is 2.23. The molecule has 1 aromatic carbocycles. The Morgan fingerprint density at radius 2 is 1.94 bits per heavy atom. The van der Waals surface area contributed by atoms with E-state index in [-0.39, 0.29) is 30.3 Å². The van der Waals surface area contributed by atoms with Crippen LogP contribution in [-0.4, -0.2) is 54.6 Å². The van der Waals surface area contributed by atoms with Crippen molar-refractivity contribution in [1.82, 2.24) is 15.3 Å². The number of methoxy groups -OCH3 is 2. The third-order valence-electron chi connectivity index (χ3n) is 5.80. The number of anilines is 2. The van der Waals surface area contributed by atoms with E-state index >= 15 is 0 Å². The van der Waals surface area contributed by atoms with Crippen molar-refractivity contribution in [2.24, 2.45) is 5.92 Å². The van der Waals surface area contributed by atoms with Gasteiger partial charge in [-0.1, -0.05) is 12.1 Å². The van der Waals surface area contributed by atoms with Gasteiger partial charge in [0.2, 0.25) is 5.95 Å². The Morgan fingerprint density at radius 1 is 1.21 bits per heavy atom. The maximum Gasteiger partial charge on any atom is 0.328 e. The molecular formula is C23H29N5O6. The molecule has 11 heteroatoms. The lowest BCUT2D eigenvalue weighted by molar-refractivity contribution is -0.144. The number of nitrogens with one attached hydrogen (secondary N) is 3. The number of benzene rings is 1. The average Bonchev–Trinajstić information content (AvgIpc) is 2.84. The zero-order valence-electron chi connectivity index (χ0n) is 19.2. The molecule has 2 heterocycles. The molecule has 0 saturated carbocycles. The molecule has 0 bridgehead atoms. The van der Waals surface area contributed by atoms with Gasteiger partial charge in [-0.2, -0.15) is 4.98 Å². The first-order valence-electron chi connectivity index (χ1n) is 11.0. The summed E-state index contributed by atoms with van der Waals surface area (Å²) in [5, 5.41) is 5.79. The van der Waals surface area contributed by atoms with E-state index in [0.29, 0.717) is 29.9 Å². The van der Waals surface area contributed by atoms with Crippen LogP contribution in [0.15, 0.2) is 29.1 Å². The Labute approximate surface area is 196 Å². The van der Waals surface area contributed by atoms with Crippen molar-refractivity contribution < 1.29 is 23.9 Å². The minimum absolute atomic E-state index is 0.0225. The lowest BCUT2D eigenvalue weighted by Gasteiger charge is -2.24. The van der Waals surface area contributed by atoms with Crippen LogP contribution in [0.5, 0.6) is 0 Å². The van der Waals surface area contributed by atoms with E-state index in [9.17, 15) is 19.2 Å². The van der Waals surface area contributed by atoms with Gasteiger partial charge in [-0.25, -0.2) is 4.79 Å². The van der Waals surface area contributed by atoms with Crippen molar-refractivity contribution >= 4 is 29.6 Å². The summed E-state index contributed by atoms with van der Waals surface area (Å²) in [5.74, 6) is -0.643. The van der Waals surface area contributed by atoms with Gasteiger partial charge >= 0.3 is 11.9 Å². The first-order valence-corrected chi connectivity index (χ1v) is 11.0. The SMILES string of the molecule is COC(=O)CC[C@H]([15NH]C(=O)c1ccc(CCC2CNc3nc(N)[nH]c(=O)c3C2)cc1)C(=O)OC. The second-order valence-electron chi connectivity index (χ2n) is 8.13. The maximum absolute atomic E-state index is 12.6. The number of esters is 2. The minimum atomic E-state index is -0.953. The molecule has 1 aliphatic heterocycles. The fraction of sp³-hybridized carbons (Fsp3) is 0.435. The number of aromatic amines is 1. The van der Waals surface area contributed by atoms with E-state index in [1.54, 1.807) is 12.1 Å². The molecule has 2 atom stereocenters. The van der Waals surface area contributed by atoms with E-state index in [2.05, 4.69) is 25.3 Å². The zero-order chi connectivity index (χ0) is 24.7. The quantitative estimate of drug-likeness (QED) is 0.305. The van der Waals surface area contributed by atoms with Gasteiger partial charge in [-0.15, -0.1) is 0 Å². The maximum atomic E-state index is 12.6. The number of aryl methyl sites for hydroxylation is 1. The molecular weight excluding hydrogens is 443 g/mol. The van der Waals surface area contributed by atoms with Crippen molar-refractivity contribution in [3.63, 3.8) is 0 Å². The van der Waals surface area contributed by atoms with Gasteiger partial charge in [0.1, 0.15) is 11.9 Å². The third-order valence-corrected chi connectivity index (χ3v) is 5.80. The van der Waals surface area contributed by atoms with Gasteiger partial charge in [-0.05, 0) is 49.3 Å². The molecule has 1 unspecified atom stereocenters. The number of rotatable bonds is 9. The molecule has 0 spiro atoms. The predicted molar refractivity (Wildman–Crippen MR) is 124 cm³/mol. The Morgan fingerprint density at radius 3 is 2.62 bits per heavy atom. The van der Waals surface area contributed by atoms with Crippen molar-refractivity contribution in [1.29, 1.82) is 0 Å². The average molecular weight is 473 g/mol. The summed E-state index contributed by atoms with van der Waals surface area (Å²) >= 11 is 0. The summed E-state index contributed by atoms with van der Waals surface area (Å²) in [4.78, 5) is 54.7. The molecule has 0 saturated heterocycles. The number of nitrogen functional groups attached to an aromatic ring is 1. The summed E-state index contributed by atoms with van der Waals surface area (Å²) in [6, 6.07) is 6.13. The zero-order valence-corrected chi connectivity index (χ0v) is 19.2. The van der Waals surface area contributed by atoms with E-state index in [4.69, 9.17) is 10.5 Å². The smallest absolute Gasteiger partial charge is 0.328 e. The molecule has 2 aromatic rings. The molecule has 1 amide bonds. The largest absolute Gasteiger partial charge is 0.469 e. The van der Waals surface area contributed by atoms with Crippen LogP contribution in [0.2, 0.25) is 0 Å². The van der Waals surface area contributed by atoms with Crippen LogP contribution >= 0.6 is 0 Å². The van der Waals surface area contributed by atoms with Crippen LogP contribution < -0.4 is 21.9 Å². The van der Waals surface area contributed by atoms with Gasteiger partial charge in [0.15, 0.2) is 0 Å².